The van der Waals surface area contributed by atoms with Crippen molar-refractivity contribution in [3.8, 4) is 0 Å². The molecule has 0 radical (unpaired) electrons. The fourth-order valence-electron chi connectivity index (χ4n) is 2.99. The van der Waals surface area contributed by atoms with E-state index in [0.717, 1.165) is 10.9 Å². The van der Waals surface area contributed by atoms with Crippen molar-refractivity contribution < 1.29 is 17.9 Å². The van der Waals surface area contributed by atoms with Crippen LogP contribution in [0.1, 0.15) is 31.3 Å². The lowest BCUT2D eigenvalue weighted by atomic mass is 10.2. The second-order valence-corrected chi connectivity index (χ2v) is 8.78. The molecule has 0 aliphatic carbocycles. The molecule has 3 aromatic rings. The molecule has 0 unspecified atom stereocenters. The third-order valence-electron chi connectivity index (χ3n) is 4.25. The highest BCUT2D eigenvalue weighted by atomic mass is 32.2. The Labute approximate surface area is 165 Å². The zero-order valence-corrected chi connectivity index (χ0v) is 17.0. The highest BCUT2D eigenvalue weighted by Crippen LogP contribution is 2.28. The van der Waals surface area contributed by atoms with Crippen molar-refractivity contribution in [3.63, 3.8) is 0 Å². The molecule has 1 heterocycles. The van der Waals surface area contributed by atoms with Crippen molar-refractivity contribution in [3.05, 3.63) is 60.3 Å². The molecule has 28 heavy (non-hydrogen) atoms. The van der Waals surface area contributed by atoms with E-state index < -0.39 is 16.0 Å². The van der Waals surface area contributed by atoms with Crippen molar-refractivity contribution in [2.75, 3.05) is 17.5 Å². The highest BCUT2D eigenvalue weighted by Gasteiger charge is 2.26. The molecule has 0 fully saturated rings. The second kappa shape index (κ2) is 8.06. The van der Waals surface area contributed by atoms with Crippen LogP contribution in [0.3, 0.4) is 0 Å². The van der Waals surface area contributed by atoms with E-state index in [1.165, 1.54) is 4.31 Å². The van der Waals surface area contributed by atoms with Gasteiger partial charge in [0.1, 0.15) is 5.69 Å². The number of nitrogens with one attached hydrogen (secondary N) is 1. The molecule has 3 rings (SSSR count). The predicted octanol–water partition coefficient (Wildman–Crippen LogP) is 4.20. The van der Waals surface area contributed by atoms with Gasteiger partial charge < -0.3 is 9.72 Å². The lowest BCUT2D eigenvalue weighted by molar-refractivity contribution is 0.0520. The van der Waals surface area contributed by atoms with Gasteiger partial charge in [-0.3, -0.25) is 4.31 Å². The number of hydrogen-bond donors (Lipinski definition) is 1. The largest absolute Gasteiger partial charge is 0.461 e. The molecule has 1 N–H and O–H groups in total. The molecule has 0 aliphatic rings. The van der Waals surface area contributed by atoms with Crippen molar-refractivity contribution in [2.24, 2.45) is 5.92 Å². The fraction of sp³-hybridized carbons (Fsp3) is 0.286. The minimum absolute atomic E-state index is 0.135. The lowest BCUT2D eigenvalue weighted by Crippen LogP contribution is -2.34. The first-order valence-corrected chi connectivity index (χ1v) is 10.6. The number of anilines is 1. The number of hydrogen-bond acceptors (Lipinski definition) is 4. The molecular weight excluding hydrogens is 376 g/mol. The number of fused-ring (bicyclic) bond motifs is 1. The van der Waals surface area contributed by atoms with Gasteiger partial charge in [0.2, 0.25) is 0 Å². The summed E-state index contributed by atoms with van der Waals surface area (Å²) >= 11 is 0. The van der Waals surface area contributed by atoms with Crippen LogP contribution in [0.2, 0.25) is 0 Å². The predicted molar refractivity (Wildman–Crippen MR) is 110 cm³/mol. The van der Waals surface area contributed by atoms with Crippen LogP contribution in [0.25, 0.3) is 10.9 Å². The van der Waals surface area contributed by atoms with E-state index >= 15 is 0 Å². The summed E-state index contributed by atoms with van der Waals surface area (Å²) in [7, 11) is -3.70. The molecule has 0 amide bonds. The molecule has 0 bridgehead atoms. The van der Waals surface area contributed by atoms with Crippen molar-refractivity contribution in [2.45, 2.75) is 25.7 Å². The van der Waals surface area contributed by atoms with Crippen LogP contribution in [-0.4, -0.2) is 32.5 Å². The zero-order valence-electron chi connectivity index (χ0n) is 16.2. The standard InChI is InChI=1S/C21H24N2O4S/c1-4-27-21(24)20-13-16-12-17(10-11-19(16)22-20)23(14-15(2)3)28(25,26)18-8-6-5-7-9-18/h5-13,15,22H,4,14H2,1-3H3. The number of nitrogens with zero attached hydrogens (tertiary/aromatic N) is 1. The summed E-state index contributed by atoms with van der Waals surface area (Å²) in [4.78, 5) is 15.2. The van der Waals surface area contributed by atoms with Gasteiger partial charge in [0.05, 0.1) is 17.2 Å². The number of sulfonamides is 1. The van der Waals surface area contributed by atoms with E-state index in [9.17, 15) is 13.2 Å². The Morgan fingerprint density at radius 2 is 1.82 bits per heavy atom. The van der Waals surface area contributed by atoms with Gasteiger partial charge in [0.15, 0.2) is 0 Å². The molecule has 148 valence electrons. The summed E-state index contributed by atoms with van der Waals surface area (Å²) in [5.74, 6) is -0.299. The first kappa shape index (κ1) is 19.9. The van der Waals surface area contributed by atoms with E-state index in [0.29, 0.717) is 17.9 Å². The maximum atomic E-state index is 13.2. The molecule has 1 aromatic heterocycles. The minimum Gasteiger partial charge on any atom is -0.461 e. The van der Waals surface area contributed by atoms with Gasteiger partial charge in [-0.25, -0.2) is 13.2 Å². The Bertz CT molecular complexity index is 1070. The number of rotatable bonds is 7. The van der Waals surface area contributed by atoms with E-state index in [1.54, 1.807) is 61.5 Å². The Hall–Kier alpha value is -2.80. The summed E-state index contributed by atoms with van der Waals surface area (Å²) in [5, 5.41) is 0.748. The SMILES string of the molecule is CCOC(=O)c1cc2cc(N(CC(C)C)S(=O)(=O)c3ccccc3)ccc2[nH]1. The molecule has 0 saturated heterocycles. The summed E-state index contributed by atoms with van der Waals surface area (Å²) in [6.45, 7) is 6.33. The number of ether oxygens (including phenoxy) is 1. The van der Waals surface area contributed by atoms with Gasteiger partial charge in [0.25, 0.3) is 10.0 Å². The summed E-state index contributed by atoms with van der Waals surface area (Å²) < 4.78 is 32.9. The van der Waals surface area contributed by atoms with E-state index in [-0.39, 0.29) is 17.4 Å². The van der Waals surface area contributed by atoms with Crippen LogP contribution in [-0.2, 0) is 14.8 Å². The third kappa shape index (κ3) is 4.04. The third-order valence-corrected chi connectivity index (χ3v) is 6.06. The van der Waals surface area contributed by atoms with Gasteiger partial charge in [-0.1, -0.05) is 32.0 Å². The van der Waals surface area contributed by atoms with Crippen LogP contribution in [0.5, 0.6) is 0 Å². The first-order chi connectivity index (χ1) is 13.3. The Morgan fingerprint density at radius 3 is 2.46 bits per heavy atom. The fourth-order valence-corrected chi connectivity index (χ4v) is 4.63. The second-order valence-electron chi connectivity index (χ2n) is 6.92. The zero-order chi connectivity index (χ0) is 20.3. The average molecular weight is 401 g/mol. The van der Waals surface area contributed by atoms with E-state index in [4.69, 9.17) is 4.74 Å². The van der Waals surface area contributed by atoms with Gasteiger partial charge >= 0.3 is 5.97 Å². The van der Waals surface area contributed by atoms with Gasteiger partial charge in [0, 0.05) is 17.4 Å². The topological polar surface area (TPSA) is 79.5 Å². The number of H-pyrrole nitrogens is 1. The van der Waals surface area contributed by atoms with Crippen LogP contribution in [0, 0.1) is 5.92 Å². The van der Waals surface area contributed by atoms with Gasteiger partial charge in [-0.2, -0.15) is 0 Å². The van der Waals surface area contributed by atoms with Crippen LogP contribution in [0.4, 0.5) is 5.69 Å². The van der Waals surface area contributed by atoms with Crippen molar-refractivity contribution in [1.29, 1.82) is 0 Å². The van der Waals surface area contributed by atoms with Gasteiger partial charge in [-0.05, 0) is 49.2 Å². The number of carbonyl (C=O) groups excluding carboxylic acids is 1. The molecule has 6 nitrogen and oxygen atoms in total. The van der Waals surface area contributed by atoms with Crippen LogP contribution in [0.15, 0.2) is 59.5 Å². The smallest absolute Gasteiger partial charge is 0.354 e. The number of carbonyl (C=O) groups is 1. The number of aromatic nitrogens is 1. The van der Waals surface area contributed by atoms with E-state index in [1.807, 2.05) is 13.8 Å². The molecule has 2 aromatic carbocycles. The first-order valence-electron chi connectivity index (χ1n) is 9.20. The normalized spacial score (nSPS) is 11.7. The highest BCUT2D eigenvalue weighted by molar-refractivity contribution is 7.92. The molecule has 0 atom stereocenters. The molecule has 7 heteroatoms. The Kier molecular flexibility index (Phi) is 5.74. The molecular formula is C21H24N2O4S. The summed E-state index contributed by atoms with van der Waals surface area (Å²) in [6, 6.07) is 15.4. The van der Waals surface area contributed by atoms with E-state index in [2.05, 4.69) is 4.98 Å². The average Bonchev–Trinajstić information content (AvgIpc) is 3.10. The maximum Gasteiger partial charge on any atom is 0.354 e. The number of aromatic amines is 1. The van der Waals surface area contributed by atoms with Crippen LogP contribution < -0.4 is 4.31 Å². The Balaban J connectivity index is 2.05. The Morgan fingerprint density at radius 1 is 1.11 bits per heavy atom. The van der Waals surface area contributed by atoms with Crippen molar-refractivity contribution in [1.82, 2.24) is 4.98 Å². The number of esters is 1. The maximum absolute atomic E-state index is 13.2. The summed E-state index contributed by atoms with van der Waals surface area (Å²) in [5.41, 5.74) is 1.64. The summed E-state index contributed by atoms with van der Waals surface area (Å²) in [6.07, 6.45) is 0. The quantitative estimate of drug-likeness (QED) is 0.603. The van der Waals surface area contributed by atoms with Gasteiger partial charge in [-0.15, -0.1) is 0 Å². The molecule has 0 saturated carbocycles. The lowest BCUT2D eigenvalue weighted by Gasteiger charge is -2.26. The van der Waals surface area contributed by atoms with Crippen molar-refractivity contribution >= 4 is 32.6 Å². The minimum atomic E-state index is -3.70. The van der Waals surface area contributed by atoms with Crippen LogP contribution >= 0.6 is 0 Å². The monoisotopic (exact) mass is 400 g/mol. The number of benzene rings is 2. The molecule has 0 aliphatic heterocycles. The molecule has 0 spiro atoms.